The summed E-state index contributed by atoms with van der Waals surface area (Å²) in [6, 6.07) is 10.9. The van der Waals surface area contributed by atoms with Gasteiger partial charge < -0.3 is 25.8 Å². The number of rotatable bonds is 5. The lowest BCUT2D eigenvalue weighted by Crippen LogP contribution is -2.08. The van der Waals surface area contributed by atoms with Crippen LogP contribution in [0.4, 0.5) is 23.0 Å². The fraction of sp³-hybridized carbons (Fsp3) is 0.111. The Morgan fingerprint density at radius 3 is 2.63 bits per heavy atom. The van der Waals surface area contributed by atoms with E-state index in [2.05, 4.69) is 20.6 Å². The van der Waals surface area contributed by atoms with Gasteiger partial charge in [-0.3, -0.25) is 0 Å². The first-order valence-corrected chi connectivity index (χ1v) is 8.80. The third-order valence-electron chi connectivity index (χ3n) is 3.96. The highest BCUT2D eigenvalue weighted by Gasteiger charge is 2.14. The van der Waals surface area contributed by atoms with Crippen molar-refractivity contribution in [3.63, 3.8) is 0 Å². The molecule has 1 aliphatic heterocycles. The number of anilines is 4. The van der Waals surface area contributed by atoms with Crippen molar-refractivity contribution in [1.29, 1.82) is 0 Å². The Morgan fingerprint density at radius 1 is 0.963 bits per heavy atom. The summed E-state index contributed by atoms with van der Waals surface area (Å²) in [6.07, 6.45) is 1.43. The van der Waals surface area contributed by atoms with Gasteiger partial charge in [-0.25, -0.2) is 9.97 Å². The van der Waals surface area contributed by atoms with Gasteiger partial charge in [0.2, 0.25) is 6.79 Å². The zero-order valence-electron chi connectivity index (χ0n) is 14.0. The molecule has 0 amide bonds. The van der Waals surface area contributed by atoms with Crippen LogP contribution >= 0.6 is 23.2 Å². The lowest BCUT2D eigenvalue weighted by molar-refractivity contribution is 0.174. The molecule has 2 aromatic carbocycles. The number of aromatic nitrogens is 2. The second kappa shape index (κ2) is 7.38. The number of nitrogens with two attached hydrogens (primary N) is 1. The van der Waals surface area contributed by atoms with Gasteiger partial charge in [-0.2, -0.15) is 0 Å². The van der Waals surface area contributed by atoms with Crippen LogP contribution in [-0.2, 0) is 6.54 Å². The van der Waals surface area contributed by atoms with Crippen LogP contribution in [0.25, 0.3) is 0 Å². The summed E-state index contributed by atoms with van der Waals surface area (Å²) in [6.45, 7) is 0.763. The molecule has 9 heteroatoms. The smallest absolute Gasteiger partial charge is 0.231 e. The van der Waals surface area contributed by atoms with Crippen molar-refractivity contribution in [1.82, 2.24) is 9.97 Å². The van der Waals surface area contributed by atoms with Gasteiger partial charge in [0.1, 0.15) is 12.0 Å². The van der Waals surface area contributed by atoms with E-state index >= 15 is 0 Å². The Labute approximate surface area is 165 Å². The van der Waals surface area contributed by atoms with Crippen molar-refractivity contribution in [2.75, 3.05) is 23.2 Å². The first-order valence-electron chi connectivity index (χ1n) is 8.05. The predicted molar refractivity (Wildman–Crippen MR) is 106 cm³/mol. The predicted octanol–water partition coefficient (Wildman–Crippen LogP) is 4.45. The summed E-state index contributed by atoms with van der Waals surface area (Å²) in [7, 11) is 0. The largest absolute Gasteiger partial charge is 0.454 e. The molecule has 1 aromatic heterocycles. The summed E-state index contributed by atoms with van der Waals surface area (Å²) in [5.74, 6) is 2.46. The number of nitrogens with one attached hydrogen (secondary N) is 2. The van der Waals surface area contributed by atoms with Crippen LogP contribution in [0.3, 0.4) is 0 Å². The van der Waals surface area contributed by atoms with E-state index in [1.165, 1.54) is 6.33 Å². The van der Waals surface area contributed by atoms with Gasteiger partial charge in [-0.1, -0.05) is 29.3 Å². The Hall–Kier alpha value is -2.90. The van der Waals surface area contributed by atoms with Crippen molar-refractivity contribution in [2.24, 2.45) is 0 Å². The maximum atomic E-state index is 6.20. The van der Waals surface area contributed by atoms with Crippen molar-refractivity contribution in [3.8, 4) is 11.5 Å². The second-order valence-electron chi connectivity index (χ2n) is 5.78. The molecule has 0 radical (unpaired) electrons. The molecule has 138 valence electrons. The number of hydrogen-bond acceptors (Lipinski definition) is 7. The molecule has 0 bridgehead atoms. The molecule has 0 saturated heterocycles. The fourth-order valence-corrected chi connectivity index (χ4v) is 2.88. The molecule has 2 heterocycles. The van der Waals surface area contributed by atoms with E-state index < -0.39 is 0 Å². The Morgan fingerprint density at radius 2 is 1.78 bits per heavy atom. The summed E-state index contributed by atoms with van der Waals surface area (Å²) >= 11 is 12.0. The first kappa shape index (κ1) is 17.5. The third-order valence-corrected chi connectivity index (χ3v) is 4.70. The molecule has 0 atom stereocenters. The average Bonchev–Trinajstić information content (AvgIpc) is 3.13. The van der Waals surface area contributed by atoms with Crippen LogP contribution in [0.15, 0.2) is 42.7 Å². The molecule has 0 saturated carbocycles. The minimum Gasteiger partial charge on any atom is -0.454 e. The number of nitrogens with zero attached hydrogens (tertiary/aromatic N) is 2. The zero-order chi connectivity index (χ0) is 18.8. The topological polar surface area (TPSA) is 94.3 Å². The van der Waals surface area contributed by atoms with Gasteiger partial charge in [0, 0.05) is 12.2 Å². The molecule has 27 heavy (non-hydrogen) atoms. The molecule has 0 aliphatic carbocycles. The number of hydrogen-bond donors (Lipinski definition) is 3. The summed E-state index contributed by atoms with van der Waals surface area (Å²) in [5.41, 5.74) is 8.32. The standard InChI is InChI=1S/C18H15Cl2N5O2/c19-12-3-2-11(6-13(12)20)25-18-16(21)17(23-8-24-18)22-7-10-1-4-14-15(5-10)27-9-26-14/h1-6,8H,7,9,21H2,(H2,22,23,24,25). The molecule has 0 fully saturated rings. The van der Waals surface area contributed by atoms with Gasteiger partial charge in [0.05, 0.1) is 10.0 Å². The highest BCUT2D eigenvalue weighted by atomic mass is 35.5. The van der Waals surface area contributed by atoms with Gasteiger partial charge >= 0.3 is 0 Å². The monoisotopic (exact) mass is 403 g/mol. The summed E-state index contributed by atoms with van der Waals surface area (Å²) in [4.78, 5) is 8.40. The van der Waals surface area contributed by atoms with Crippen molar-refractivity contribution in [3.05, 3.63) is 58.3 Å². The van der Waals surface area contributed by atoms with E-state index in [9.17, 15) is 0 Å². The third kappa shape index (κ3) is 3.79. The van der Waals surface area contributed by atoms with E-state index in [4.69, 9.17) is 38.4 Å². The minimum atomic E-state index is 0.245. The van der Waals surface area contributed by atoms with Crippen molar-refractivity contribution < 1.29 is 9.47 Å². The van der Waals surface area contributed by atoms with E-state index in [-0.39, 0.29) is 6.79 Å². The number of ether oxygens (including phenoxy) is 2. The summed E-state index contributed by atoms with van der Waals surface area (Å²) in [5, 5.41) is 7.24. The fourth-order valence-electron chi connectivity index (χ4n) is 2.58. The number of benzene rings is 2. The number of halogens is 2. The molecule has 1 aliphatic rings. The van der Waals surface area contributed by atoms with Gasteiger partial charge in [-0.05, 0) is 35.9 Å². The maximum absolute atomic E-state index is 6.20. The second-order valence-corrected chi connectivity index (χ2v) is 6.59. The lowest BCUT2D eigenvalue weighted by atomic mass is 10.2. The number of fused-ring (bicyclic) bond motifs is 1. The lowest BCUT2D eigenvalue weighted by Gasteiger charge is -2.13. The molecular formula is C18H15Cl2N5O2. The quantitative estimate of drug-likeness (QED) is 0.578. The van der Waals surface area contributed by atoms with Crippen LogP contribution in [0.5, 0.6) is 11.5 Å². The molecule has 4 N–H and O–H groups in total. The highest BCUT2D eigenvalue weighted by molar-refractivity contribution is 6.42. The number of nitrogen functional groups attached to an aromatic ring is 1. The summed E-state index contributed by atoms with van der Waals surface area (Å²) < 4.78 is 10.7. The van der Waals surface area contributed by atoms with Crippen LogP contribution in [0, 0.1) is 0 Å². The van der Waals surface area contributed by atoms with Gasteiger partial charge in [0.15, 0.2) is 23.1 Å². The van der Waals surface area contributed by atoms with E-state index in [0.717, 1.165) is 22.7 Å². The molecule has 0 unspecified atom stereocenters. The highest BCUT2D eigenvalue weighted by Crippen LogP contribution is 2.33. The van der Waals surface area contributed by atoms with Crippen LogP contribution < -0.4 is 25.8 Å². The zero-order valence-corrected chi connectivity index (χ0v) is 15.5. The maximum Gasteiger partial charge on any atom is 0.231 e. The average molecular weight is 404 g/mol. The molecule has 0 spiro atoms. The van der Waals surface area contributed by atoms with Gasteiger partial charge in [-0.15, -0.1) is 0 Å². The van der Waals surface area contributed by atoms with Crippen LogP contribution in [-0.4, -0.2) is 16.8 Å². The minimum absolute atomic E-state index is 0.245. The van der Waals surface area contributed by atoms with Crippen molar-refractivity contribution >= 4 is 46.2 Å². The van der Waals surface area contributed by atoms with E-state index in [1.54, 1.807) is 18.2 Å². The molecular weight excluding hydrogens is 389 g/mol. The first-order chi connectivity index (χ1) is 13.1. The SMILES string of the molecule is Nc1c(NCc2ccc3c(c2)OCO3)ncnc1Nc1ccc(Cl)c(Cl)c1. The van der Waals surface area contributed by atoms with Crippen molar-refractivity contribution in [2.45, 2.75) is 6.54 Å². The Bertz CT molecular complexity index is 999. The normalized spacial score (nSPS) is 12.1. The molecule has 7 nitrogen and oxygen atoms in total. The molecule has 3 aromatic rings. The van der Waals surface area contributed by atoms with E-state index in [0.29, 0.717) is 33.9 Å². The van der Waals surface area contributed by atoms with Crippen LogP contribution in [0.1, 0.15) is 5.56 Å². The van der Waals surface area contributed by atoms with Crippen LogP contribution in [0.2, 0.25) is 10.0 Å². The Balaban J connectivity index is 1.49. The molecule has 4 rings (SSSR count). The Kier molecular flexibility index (Phi) is 4.79. The van der Waals surface area contributed by atoms with E-state index in [1.807, 2.05) is 18.2 Å². The van der Waals surface area contributed by atoms with Gasteiger partial charge in [0.25, 0.3) is 0 Å².